The SMILES string of the molecule is CCn1cc(CN[C@@H](C)c2ccccc2OC)cn1. The highest BCUT2D eigenvalue weighted by Gasteiger charge is 2.10. The van der Waals surface area contributed by atoms with Crippen LogP contribution in [0.4, 0.5) is 0 Å². The van der Waals surface area contributed by atoms with Crippen LogP contribution in [0.1, 0.15) is 31.0 Å². The van der Waals surface area contributed by atoms with Crippen molar-refractivity contribution in [2.75, 3.05) is 7.11 Å². The summed E-state index contributed by atoms with van der Waals surface area (Å²) >= 11 is 0. The molecule has 4 heteroatoms. The molecule has 0 bridgehead atoms. The van der Waals surface area contributed by atoms with E-state index in [0.29, 0.717) is 0 Å². The fourth-order valence-corrected chi connectivity index (χ4v) is 2.08. The number of aromatic nitrogens is 2. The van der Waals surface area contributed by atoms with Gasteiger partial charge in [-0.05, 0) is 19.9 Å². The van der Waals surface area contributed by atoms with E-state index in [4.69, 9.17) is 4.74 Å². The van der Waals surface area contributed by atoms with E-state index in [1.807, 2.05) is 29.1 Å². The number of methoxy groups -OCH3 is 1. The van der Waals surface area contributed by atoms with Gasteiger partial charge in [-0.15, -0.1) is 0 Å². The maximum Gasteiger partial charge on any atom is 0.123 e. The molecule has 1 aromatic heterocycles. The van der Waals surface area contributed by atoms with Crippen LogP contribution in [0.5, 0.6) is 5.75 Å². The summed E-state index contributed by atoms with van der Waals surface area (Å²) in [4.78, 5) is 0. The van der Waals surface area contributed by atoms with E-state index in [2.05, 4.69) is 36.5 Å². The van der Waals surface area contributed by atoms with Gasteiger partial charge in [-0.25, -0.2) is 0 Å². The van der Waals surface area contributed by atoms with Crippen LogP contribution in [-0.2, 0) is 13.1 Å². The maximum absolute atomic E-state index is 5.38. The first kappa shape index (κ1) is 13.6. The van der Waals surface area contributed by atoms with Crippen molar-refractivity contribution in [2.45, 2.75) is 33.0 Å². The lowest BCUT2D eigenvalue weighted by Gasteiger charge is -2.16. The van der Waals surface area contributed by atoms with Gasteiger partial charge in [0.05, 0.1) is 13.3 Å². The van der Waals surface area contributed by atoms with Crippen LogP contribution in [0.2, 0.25) is 0 Å². The first-order valence-corrected chi connectivity index (χ1v) is 6.62. The van der Waals surface area contributed by atoms with Gasteiger partial charge in [-0.2, -0.15) is 5.10 Å². The molecule has 0 saturated heterocycles. The van der Waals surface area contributed by atoms with E-state index in [1.165, 1.54) is 11.1 Å². The van der Waals surface area contributed by atoms with Gasteiger partial charge in [0.2, 0.25) is 0 Å². The Hall–Kier alpha value is -1.81. The van der Waals surface area contributed by atoms with Gasteiger partial charge in [-0.1, -0.05) is 18.2 Å². The van der Waals surface area contributed by atoms with Gasteiger partial charge in [0.1, 0.15) is 5.75 Å². The Labute approximate surface area is 114 Å². The molecule has 0 fully saturated rings. The van der Waals surface area contributed by atoms with E-state index in [-0.39, 0.29) is 6.04 Å². The molecule has 0 aliphatic carbocycles. The van der Waals surface area contributed by atoms with Crippen molar-refractivity contribution in [1.82, 2.24) is 15.1 Å². The molecule has 1 N–H and O–H groups in total. The molecule has 1 atom stereocenters. The molecule has 0 radical (unpaired) electrons. The molecule has 19 heavy (non-hydrogen) atoms. The summed E-state index contributed by atoms with van der Waals surface area (Å²) in [6.07, 6.45) is 3.98. The topological polar surface area (TPSA) is 39.1 Å². The summed E-state index contributed by atoms with van der Waals surface area (Å²) in [6, 6.07) is 8.33. The van der Waals surface area contributed by atoms with Crippen molar-refractivity contribution in [3.63, 3.8) is 0 Å². The quantitative estimate of drug-likeness (QED) is 0.867. The van der Waals surface area contributed by atoms with E-state index in [0.717, 1.165) is 18.8 Å². The summed E-state index contributed by atoms with van der Waals surface area (Å²) in [5.74, 6) is 0.923. The predicted octanol–water partition coefficient (Wildman–Crippen LogP) is 2.76. The second-order valence-electron chi connectivity index (χ2n) is 4.55. The predicted molar refractivity (Wildman–Crippen MR) is 76.1 cm³/mol. The van der Waals surface area contributed by atoms with Gasteiger partial charge in [0.25, 0.3) is 0 Å². The molecule has 4 nitrogen and oxygen atoms in total. The van der Waals surface area contributed by atoms with Crippen molar-refractivity contribution in [1.29, 1.82) is 0 Å². The Morgan fingerprint density at radius 3 is 2.84 bits per heavy atom. The number of para-hydroxylation sites is 1. The van der Waals surface area contributed by atoms with Gasteiger partial charge in [0, 0.05) is 36.5 Å². The van der Waals surface area contributed by atoms with Crippen LogP contribution in [-0.4, -0.2) is 16.9 Å². The molecule has 102 valence electrons. The monoisotopic (exact) mass is 259 g/mol. The molecule has 0 unspecified atom stereocenters. The summed E-state index contributed by atoms with van der Waals surface area (Å²) in [5.41, 5.74) is 2.37. The Morgan fingerprint density at radius 1 is 1.37 bits per heavy atom. The number of nitrogens with zero attached hydrogens (tertiary/aromatic N) is 2. The number of benzene rings is 1. The third kappa shape index (κ3) is 3.35. The minimum Gasteiger partial charge on any atom is -0.496 e. The summed E-state index contributed by atoms with van der Waals surface area (Å²) in [7, 11) is 1.71. The average Bonchev–Trinajstić information content (AvgIpc) is 2.92. The number of aryl methyl sites for hydroxylation is 1. The lowest BCUT2D eigenvalue weighted by molar-refractivity contribution is 0.401. The van der Waals surface area contributed by atoms with Crippen LogP contribution >= 0.6 is 0 Å². The zero-order valence-corrected chi connectivity index (χ0v) is 11.8. The molecule has 2 rings (SSSR count). The third-order valence-corrected chi connectivity index (χ3v) is 3.23. The fraction of sp³-hybridized carbons (Fsp3) is 0.400. The van der Waals surface area contributed by atoms with E-state index in [9.17, 15) is 0 Å². The van der Waals surface area contributed by atoms with Crippen LogP contribution in [0.15, 0.2) is 36.7 Å². The first-order valence-electron chi connectivity index (χ1n) is 6.62. The zero-order chi connectivity index (χ0) is 13.7. The van der Waals surface area contributed by atoms with Gasteiger partial charge >= 0.3 is 0 Å². The summed E-state index contributed by atoms with van der Waals surface area (Å²) in [6.45, 7) is 5.94. The fourth-order valence-electron chi connectivity index (χ4n) is 2.08. The Balaban J connectivity index is 1.98. The molecule has 0 amide bonds. The van der Waals surface area contributed by atoms with Crippen molar-refractivity contribution >= 4 is 0 Å². The van der Waals surface area contributed by atoms with Gasteiger partial charge in [0.15, 0.2) is 0 Å². The summed E-state index contributed by atoms with van der Waals surface area (Å²) in [5, 5.41) is 7.77. The lowest BCUT2D eigenvalue weighted by atomic mass is 10.1. The number of nitrogens with one attached hydrogen (secondary N) is 1. The molecular formula is C15H21N3O. The minimum absolute atomic E-state index is 0.237. The first-order chi connectivity index (χ1) is 9.24. The number of hydrogen-bond acceptors (Lipinski definition) is 3. The largest absolute Gasteiger partial charge is 0.496 e. The summed E-state index contributed by atoms with van der Waals surface area (Å²) < 4.78 is 7.32. The molecule has 1 heterocycles. The third-order valence-electron chi connectivity index (χ3n) is 3.23. The highest BCUT2D eigenvalue weighted by molar-refractivity contribution is 5.35. The standard InChI is InChI=1S/C15H21N3O/c1-4-18-11-13(10-17-18)9-16-12(2)14-7-5-6-8-15(14)19-3/h5-8,10-12,16H,4,9H2,1-3H3/t12-/m0/s1. The number of hydrogen-bond donors (Lipinski definition) is 1. The molecular weight excluding hydrogens is 238 g/mol. The van der Waals surface area contributed by atoms with Crippen molar-refractivity contribution in [3.8, 4) is 5.75 Å². The van der Waals surface area contributed by atoms with Crippen molar-refractivity contribution < 1.29 is 4.74 Å². The lowest BCUT2D eigenvalue weighted by Crippen LogP contribution is -2.18. The molecule has 2 aromatic rings. The van der Waals surface area contributed by atoms with E-state index in [1.54, 1.807) is 7.11 Å². The maximum atomic E-state index is 5.38. The molecule has 0 spiro atoms. The highest BCUT2D eigenvalue weighted by Crippen LogP contribution is 2.24. The Morgan fingerprint density at radius 2 is 2.16 bits per heavy atom. The second-order valence-corrected chi connectivity index (χ2v) is 4.55. The van der Waals surface area contributed by atoms with E-state index < -0.39 is 0 Å². The zero-order valence-electron chi connectivity index (χ0n) is 11.8. The minimum atomic E-state index is 0.237. The Kier molecular flexibility index (Phi) is 4.58. The smallest absolute Gasteiger partial charge is 0.123 e. The highest BCUT2D eigenvalue weighted by atomic mass is 16.5. The number of rotatable bonds is 6. The molecule has 0 aliphatic rings. The Bertz CT molecular complexity index is 522. The van der Waals surface area contributed by atoms with Crippen molar-refractivity contribution in [3.05, 3.63) is 47.8 Å². The van der Waals surface area contributed by atoms with E-state index >= 15 is 0 Å². The van der Waals surface area contributed by atoms with Crippen LogP contribution in [0, 0.1) is 0 Å². The molecule has 1 aromatic carbocycles. The van der Waals surface area contributed by atoms with Crippen LogP contribution in [0.3, 0.4) is 0 Å². The normalized spacial score (nSPS) is 12.4. The average molecular weight is 259 g/mol. The second kappa shape index (κ2) is 6.38. The number of ether oxygens (including phenoxy) is 1. The van der Waals surface area contributed by atoms with Gasteiger partial charge < -0.3 is 10.1 Å². The van der Waals surface area contributed by atoms with Gasteiger partial charge in [-0.3, -0.25) is 4.68 Å². The van der Waals surface area contributed by atoms with Crippen molar-refractivity contribution in [2.24, 2.45) is 0 Å². The van der Waals surface area contributed by atoms with Crippen LogP contribution in [0.25, 0.3) is 0 Å². The molecule has 0 saturated carbocycles. The van der Waals surface area contributed by atoms with Crippen LogP contribution < -0.4 is 10.1 Å². The molecule has 0 aliphatic heterocycles.